The number of imidazole rings is 1. The molecule has 0 saturated carbocycles. The molecule has 0 atom stereocenters. The Labute approximate surface area is 90.3 Å². The number of aromatic nitrogens is 2. The van der Waals surface area contributed by atoms with Gasteiger partial charge in [-0.1, -0.05) is 13.8 Å². The van der Waals surface area contributed by atoms with Crippen LogP contribution < -0.4 is 0 Å². The summed E-state index contributed by atoms with van der Waals surface area (Å²) in [4.78, 5) is 16.3. The van der Waals surface area contributed by atoms with Crippen molar-refractivity contribution in [1.29, 1.82) is 0 Å². The molecule has 1 heterocycles. The van der Waals surface area contributed by atoms with Gasteiger partial charge in [-0.2, -0.15) is 0 Å². The first kappa shape index (κ1) is 11.9. The van der Waals surface area contributed by atoms with Crippen LogP contribution in [-0.4, -0.2) is 28.0 Å². The molecule has 0 amide bonds. The summed E-state index contributed by atoms with van der Waals surface area (Å²) in [6.45, 7) is 3.90. The van der Waals surface area contributed by atoms with Crippen molar-refractivity contribution in [3.05, 3.63) is 18.2 Å². The van der Waals surface area contributed by atoms with Crippen LogP contribution in [0, 0.1) is 0 Å². The molecule has 0 N–H and O–H groups in total. The van der Waals surface area contributed by atoms with E-state index in [0.717, 1.165) is 0 Å². The molecule has 15 heavy (non-hydrogen) atoms. The second kappa shape index (κ2) is 4.57. The summed E-state index contributed by atoms with van der Waals surface area (Å²) in [6.07, 6.45) is 4.70. The Morgan fingerprint density at radius 1 is 1.53 bits per heavy atom. The number of aryl methyl sites for hydroxylation is 1. The van der Waals surface area contributed by atoms with Gasteiger partial charge in [-0.25, -0.2) is 4.98 Å². The number of rotatable bonds is 5. The van der Waals surface area contributed by atoms with Gasteiger partial charge >= 0.3 is 0 Å². The van der Waals surface area contributed by atoms with E-state index in [1.165, 1.54) is 0 Å². The minimum atomic E-state index is -0.723. The first-order valence-electron chi connectivity index (χ1n) is 5.18. The average molecular weight is 210 g/mol. The van der Waals surface area contributed by atoms with E-state index >= 15 is 0 Å². The molecule has 0 saturated heterocycles. The van der Waals surface area contributed by atoms with E-state index in [-0.39, 0.29) is 5.78 Å². The number of carbonyl (C=O) groups excluding carboxylic acids is 1. The molecule has 1 aromatic heterocycles. The Hall–Kier alpha value is -1.16. The summed E-state index contributed by atoms with van der Waals surface area (Å²) in [5, 5.41) is 0. The molecule has 0 spiro atoms. The van der Waals surface area contributed by atoms with E-state index in [0.29, 0.717) is 18.7 Å². The van der Waals surface area contributed by atoms with Crippen LogP contribution in [0.1, 0.15) is 37.3 Å². The molecule has 0 aliphatic carbocycles. The number of nitrogens with zero attached hydrogens (tertiary/aromatic N) is 2. The van der Waals surface area contributed by atoms with Crippen molar-refractivity contribution in [2.24, 2.45) is 7.05 Å². The number of carbonyl (C=O) groups is 1. The highest BCUT2D eigenvalue weighted by Gasteiger charge is 2.37. The molecule has 0 aromatic carbocycles. The van der Waals surface area contributed by atoms with Crippen LogP contribution in [0.25, 0.3) is 0 Å². The molecule has 4 nitrogen and oxygen atoms in total. The first-order valence-corrected chi connectivity index (χ1v) is 5.18. The van der Waals surface area contributed by atoms with E-state index in [2.05, 4.69) is 4.98 Å². The Morgan fingerprint density at radius 3 is 2.47 bits per heavy atom. The highest BCUT2D eigenvalue weighted by Crippen LogP contribution is 2.24. The highest BCUT2D eigenvalue weighted by molar-refractivity contribution is 5.99. The van der Waals surface area contributed by atoms with Gasteiger partial charge in [-0.05, 0) is 12.8 Å². The van der Waals surface area contributed by atoms with Crippen LogP contribution in [0.2, 0.25) is 0 Å². The smallest absolute Gasteiger partial charge is 0.229 e. The number of hydrogen-bond donors (Lipinski definition) is 0. The maximum absolute atomic E-state index is 12.2. The van der Waals surface area contributed by atoms with Crippen LogP contribution in [0.15, 0.2) is 12.4 Å². The monoisotopic (exact) mass is 210 g/mol. The normalized spacial score (nSPS) is 11.7. The Kier molecular flexibility index (Phi) is 3.63. The number of ether oxygens (including phenoxy) is 1. The third kappa shape index (κ3) is 1.95. The van der Waals surface area contributed by atoms with Gasteiger partial charge in [-0.3, -0.25) is 4.79 Å². The van der Waals surface area contributed by atoms with E-state index in [1.807, 2.05) is 20.9 Å². The first-order chi connectivity index (χ1) is 7.11. The zero-order valence-electron chi connectivity index (χ0n) is 9.78. The summed E-state index contributed by atoms with van der Waals surface area (Å²) in [7, 11) is 3.39. The Morgan fingerprint density at radius 2 is 2.13 bits per heavy atom. The molecule has 0 aliphatic heterocycles. The maximum Gasteiger partial charge on any atom is 0.229 e. The van der Waals surface area contributed by atoms with Crippen molar-refractivity contribution in [1.82, 2.24) is 9.55 Å². The lowest BCUT2D eigenvalue weighted by Gasteiger charge is -2.27. The Bertz CT molecular complexity index is 332. The maximum atomic E-state index is 12.2. The molecule has 0 unspecified atom stereocenters. The van der Waals surface area contributed by atoms with Gasteiger partial charge in [0, 0.05) is 26.6 Å². The summed E-state index contributed by atoms with van der Waals surface area (Å²) < 4.78 is 7.10. The largest absolute Gasteiger partial charge is 0.370 e. The highest BCUT2D eigenvalue weighted by atomic mass is 16.5. The number of hydrogen-bond acceptors (Lipinski definition) is 3. The lowest BCUT2D eigenvalue weighted by atomic mass is 9.91. The second-order valence-electron chi connectivity index (χ2n) is 3.60. The van der Waals surface area contributed by atoms with Crippen molar-refractivity contribution in [2.75, 3.05) is 7.11 Å². The molecule has 1 rings (SSSR count). The topological polar surface area (TPSA) is 44.1 Å². The van der Waals surface area contributed by atoms with Gasteiger partial charge in [-0.15, -0.1) is 0 Å². The van der Waals surface area contributed by atoms with E-state index in [1.54, 1.807) is 24.1 Å². The van der Waals surface area contributed by atoms with Crippen molar-refractivity contribution in [2.45, 2.75) is 32.3 Å². The molecular formula is C11H18N2O2. The fourth-order valence-electron chi connectivity index (χ4n) is 1.74. The SMILES string of the molecule is CCC(CC)(OC)C(=O)c1nccn1C. The number of methoxy groups -OCH3 is 1. The summed E-state index contributed by atoms with van der Waals surface area (Å²) in [5.74, 6) is 0.419. The minimum Gasteiger partial charge on any atom is -0.370 e. The van der Waals surface area contributed by atoms with Gasteiger partial charge in [0.25, 0.3) is 0 Å². The van der Waals surface area contributed by atoms with Gasteiger partial charge in [0.15, 0.2) is 5.82 Å². The van der Waals surface area contributed by atoms with E-state index in [9.17, 15) is 4.79 Å². The van der Waals surface area contributed by atoms with Crippen LogP contribution in [0.3, 0.4) is 0 Å². The zero-order chi connectivity index (χ0) is 11.5. The third-order valence-corrected chi connectivity index (χ3v) is 2.97. The zero-order valence-corrected chi connectivity index (χ0v) is 9.78. The van der Waals surface area contributed by atoms with Crippen LogP contribution in [-0.2, 0) is 11.8 Å². The van der Waals surface area contributed by atoms with Gasteiger partial charge in [0.1, 0.15) is 5.60 Å². The molecule has 0 fully saturated rings. The Balaban J connectivity index is 3.06. The molecule has 0 aliphatic rings. The summed E-state index contributed by atoms with van der Waals surface area (Å²) in [6, 6.07) is 0. The summed E-state index contributed by atoms with van der Waals surface area (Å²) >= 11 is 0. The van der Waals surface area contributed by atoms with Gasteiger partial charge in [0.05, 0.1) is 0 Å². The average Bonchev–Trinajstić information content (AvgIpc) is 2.67. The fraction of sp³-hybridized carbons (Fsp3) is 0.636. The molecular weight excluding hydrogens is 192 g/mol. The lowest BCUT2D eigenvalue weighted by Crippen LogP contribution is -2.40. The van der Waals surface area contributed by atoms with Crippen molar-refractivity contribution >= 4 is 5.78 Å². The van der Waals surface area contributed by atoms with E-state index < -0.39 is 5.60 Å². The standard InChI is InChI=1S/C11H18N2O2/c1-5-11(6-2,15-4)9(14)10-12-7-8-13(10)3/h7-8H,5-6H2,1-4H3. The molecule has 1 aromatic rings. The molecule has 84 valence electrons. The fourth-order valence-corrected chi connectivity index (χ4v) is 1.74. The van der Waals surface area contributed by atoms with Crippen molar-refractivity contribution < 1.29 is 9.53 Å². The third-order valence-electron chi connectivity index (χ3n) is 2.97. The van der Waals surface area contributed by atoms with Gasteiger partial charge < -0.3 is 9.30 Å². The predicted octanol–water partition coefficient (Wildman–Crippen LogP) is 1.81. The lowest BCUT2D eigenvalue weighted by molar-refractivity contribution is -0.00369. The van der Waals surface area contributed by atoms with Crippen molar-refractivity contribution in [3.63, 3.8) is 0 Å². The van der Waals surface area contributed by atoms with Gasteiger partial charge in [0.2, 0.25) is 5.78 Å². The van der Waals surface area contributed by atoms with Crippen LogP contribution in [0.5, 0.6) is 0 Å². The minimum absolute atomic E-state index is 0.0394. The predicted molar refractivity (Wildman–Crippen MR) is 57.9 cm³/mol. The van der Waals surface area contributed by atoms with Crippen LogP contribution >= 0.6 is 0 Å². The molecule has 4 heteroatoms. The summed E-state index contributed by atoms with van der Waals surface area (Å²) in [5.41, 5.74) is -0.723. The quantitative estimate of drug-likeness (QED) is 0.696. The van der Waals surface area contributed by atoms with Crippen molar-refractivity contribution in [3.8, 4) is 0 Å². The molecule has 0 radical (unpaired) electrons. The second-order valence-corrected chi connectivity index (χ2v) is 3.60. The number of Topliss-reactive ketones (excluding diaryl/α,β-unsaturated/α-hetero) is 1. The molecule has 0 bridgehead atoms. The van der Waals surface area contributed by atoms with E-state index in [4.69, 9.17) is 4.74 Å². The van der Waals surface area contributed by atoms with Crippen LogP contribution in [0.4, 0.5) is 0 Å². The number of ketones is 1.